The van der Waals surface area contributed by atoms with Crippen molar-refractivity contribution in [2.45, 2.75) is 25.8 Å². The Hall–Kier alpha value is -2.74. The third-order valence-corrected chi connectivity index (χ3v) is 5.70. The van der Waals surface area contributed by atoms with Crippen molar-refractivity contribution in [3.05, 3.63) is 36.7 Å². The number of hydrogen-bond acceptors (Lipinski definition) is 8. The number of hydrogen-bond donors (Lipinski definition) is 0. The summed E-state index contributed by atoms with van der Waals surface area (Å²) in [4.78, 5) is 17.7. The molecule has 8 heteroatoms. The number of fused-ring (bicyclic) bond motifs is 1. The maximum Gasteiger partial charge on any atom is 0.243 e. The lowest BCUT2D eigenvalue weighted by Gasteiger charge is -2.38. The van der Waals surface area contributed by atoms with E-state index in [9.17, 15) is 0 Å². The maximum absolute atomic E-state index is 5.97. The molecular weight excluding hydrogens is 356 g/mol. The maximum atomic E-state index is 5.97. The van der Waals surface area contributed by atoms with Gasteiger partial charge in [-0.05, 0) is 43.9 Å². The quantitative estimate of drug-likeness (QED) is 0.646. The van der Waals surface area contributed by atoms with Crippen LogP contribution >= 0.6 is 0 Å². The molecule has 0 amide bonds. The van der Waals surface area contributed by atoms with Crippen LogP contribution in [0.25, 0.3) is 10.9 Å². The predicted octanol–water partition coefficient (Wildman–Crippen LogP) is 2.68. The Morgan fingerprint density at radius 2 is 1.96 bits per heavy atom. The highest BCUT2D eigenvalue weighted by Crippen LogP contribution is 2.32. The standard InChI is InChI=1S/C20H24N6O2/c1-14(19-23-13-24-28-19)25-6-8-26(9-7-25)16-4-5-18-17(10-16)20(22-12-21-18)27-11-15-2-3-15/h4-5,10,12-15H,2-3,6-9,11H2,1H3. The molecule has 1 unspecified atom stereocenters. The topological polar surface area (TPSA) is 80.4 Å². The van der Waals surface area contributed by atoms with Crippen LogP contribution in [0.5, 0.6) is 5.88 Å². The van der Waals surface area contributed by atoms with Crippen LogP contribution in [0.3, 0.4) is 0 Å². The average Bonchev–Trinajstić information content (AvgIpc) is 3.42. The van der Waals surface area contributed by atoms with Crippen molar-refractivity contribution in [1.82, 2.24) is 25.0 Å². The summed E-state index contributed by atoms with van der Waals surface area (Å²) in [5.41, 5.74) is 2.11. The molecule has 146 valence electrons. The fourth-order valence-corrected chi connectivity index (χ4v) is 3.70. The van der Waals surface area contributed by atoms with Crippen LogP contribution in [0.1, 0.15) is 31.7 Å². The first-order valence-electron chi connectivity index (χ1n) is 9.91. The number of aromatic nitrogens is 4. The molecule has 2 fully saturated rings. The predicted molar refractivity (Wildman–Crippen MR) is 104 cm³/mol. The highest BCUT2D eigenvalue weighted by Gasteiger charge is 2.26. The smallest absolute Gasteiger partial charge is 0.243 e. The summed E-state index contributed by atoms with van der Waals surface area (Å²) < 4.78 is 11.2. The van der Waals surface area contributed by atoms with Gasteiger partial charge in [-0.1, -0.05) is 5.16 Å². The van der Waals surface area contributed by atoms with Crippen LogP contribution in [-0.4, -0.2) is 57.8 Å². The van der Waals surface area contributed by atoms with Crippen LogP contribution in [0.2, 0.25) is 0 Å². The van der Waals surface area contributed by atoms with Crippen LogP contribution in [0.15, 0.2) is 35.4 Å². The van der Waals surface area contributed by atoms with Gasteiger partial charge in [-0.15, -0.1) is 0 Å². The minimum atomic E-state index is 0.136. The second-order valence-corrected chi connectivity index (χ2v) is 7.61. The summed E-state index contributed by atoms with van der Waals surface area (Å²) in [5.74, 6) is 2.07. The SMILES string of the molecule is CC(c1ncno1)N1CCN(c2ccc3ncnc(OCC4CC4)c3c2)CC1. The van der Waals surface area contributed by atoms with E-state index in [1.807, 2.05) is 0 Å². The van der Waals surface area contributed by atoms with Gasteiger partial charge in [-0.3, -0.25) is 4.90 Å². The summed E-state index contributed by atoms with van der Waals surface area (Å²) in [5, 5.41) is 4.71. The Bertz CT molecular complexity index is 935. The monoisotopic (exact) mass is 380 g/mol. The van der Waals surface area contributed by atoms with Gasteiger partial charge < -0.3 is 14.2 Å². The molecule has 0 radical (unpaired) electrons. The van der Waals surface area contributed by atoms with E-state index in [0.29, 0.717) is 17.7 Å². The summed E-state index contributed by atoms with van der Waals surface area (Å²) in [6.45, 7) is 6.63. The van der Waals surface area contributed by atoms with Gasteiger partial charge in [-0.2, -0.15) is 4.98 Å². The molecule has 1 atom stereocenters. The Morgan fingerprint density at radius 3 is 2.71 bits per heavy atom. The zero-order valence-electron chi connectivity index (χ0n) is 16.0. The van der Waals surface area contributed by atoms with E-state index in [1.165, 1.54) is 24.9 Å². The molecule has 1 aliphatic heterocycles. The highest BCUT2D eigenvalue weighted by atomic mass is 16.5. The fraction of sp³-hybridized carbons (Fsp3) is 0.500. The summed E-state index contributed by atoms with van der Waals surface area (Å²) >= 11 is 0. The van der Waals surface area contributed by atoms with Crippen LogP contribution < -0.4 is 9.64 Å². The van der Waals surface area contributed by atoms with E-state index in [4.69, 9.17) is 9.26 Å². The zero-order valence-corrected chi connectivity index (χ0v) is 16.0. The van der Waals surface area contributed by atoms with E-state index < -0.39 is 0 Å². The number of ether oxygens (including phenoxy) is 1. The first-order valence-corrected chi connectivity index (χ1v) is 9.91. The zero-order chi connectivity index (χ0) is 18.9. The van der Waals surface area contributed by atoms with Crippen molar-refractivity contribution >= 4 is 16.6 Å². The van der Waals surface area contributed by atoms with Crippen molar-refractivity contribution in [3.8, 4) is 5.88 Å². The van der Waals surface area contributed by atoms with Crippen LogP contribution in [-0.2, 0) is 0 Å². The number of piperazine rings is 1. The lowest BCUT2D eigenvalue weighted by atomic mass is 10.1. The van der Waals surface area contributed by atoms with Crippen molar-refractivity contribution in [2.75, 3.05) is 37.7 Å². The van der Waals surface area contributed by atoms with Gasteiger partial charge >= 0.3 is 0 Å². The molecule has 8 nitrogen and oxygen atoms in total. The summed E-state index contributed by atoms with van der Waals surface area (Å²) in [7, 11) is 0. The number of benzene rings is 1. The molecular formula is C20H24N6O2. The molecule has 1 aliphatic carbocycles. The Morgan fingerprint density at radius 1 is 1.11 bits per heavy atom. The average molecular weight is 380 g/mol. The largest absolute Gasteiger partial charge is 0.477 e. The van der Waals surface area contributed by atoms with Gasteiger partial charge in [0.05, 0.1) is 23.6 Å². The third kappa shape index (κ3) is 3.52. The molecule has 0 bridgehead atoms. The summed E-state index contributed by atoms with van der Waals surface area (Å²) in [6.07, 6.45) is 5.57. The minimum absolute atomic E-state index is 0.136. The number of nitrogens with zero attached hydrogens (tertiary/aromatic N) is 6. The van der Waals surface area contributed by atoms with Gasteiger partial charge in [0.2, 0.25) is 11.8 Å². The van der Waals surface area contributed by atoms with Crippen molar-refractivity contribution in [1.29, 1.82) is 0 Å². The van der Waals surface area contributed by atoms with Gasteiger partial charge in [0.25, 0.3) is 0 Å². The van der Waals surface area contributed by atoms with Crippen molar-refractivity contribution in [2.24, 2.45) is 5.92 Å². The second kappa shape index (κ2) is 7.35. The van der Waals surface area contributed by atoms with E-state index in [0.717, 1.165) is 43.7 Å². The molecule has 2 aromatic heterocycles. The first kappa shape index (κ1) is 17.4. The van der Waals surface area contributed by atoms with Gasteiger partial charge in [-0.25, -0.2) is 9.97 Å². The summed E-state index contributed by atoms with van der Waals surface area (Å²) in [6, 6.07) is 6.49. The fourth-order valence-electron chi connectivity index (χ4n) is 3.70. The number of anilines is 1. The minimum Gasteiger partial charge on any atom is -0.477 e. The van der Waals surface area contributed by atoms with Crippen LogP contribution in [0, 0.1) is 5.92 Å². The van der Waals surface area contributed by atoms with E-state index in [-0.39, 0.29) is 6.04 Å². The molecule has 3 heterocycles. The van der Waals surface area contributed by atoms with Gasteiger partial charge in [0.15, 0.2) is 6.33 Å². The Kier molecular flexibility index (Phi) is 4.56. The number of rotatable bonds is 6. The van der Waals surface area contributed by atoms with Crippen molar-refractivity contribution in [3.63, 3.8) is 0 Å². The molecule has 5 rings (SSSR count). The van der Waals surface area contributed by atoms with E-state index >= 15 is 0 Å². The molecule has 0 spiro atoms. The second-order valence-electron chi connectivity index (χ2n) is 7.61. The van der Waals surface area contributed by atoms with Gasteiger partial charge in [0, 0.05) is 31.9 Å². The lowest BCUT2D eigenvalue weighted by Crippen LogP contribution is -2.47. The molecule has 2 aliphatic rings. The molecule has 1 aromatic carbocycles. The normalized spacial score (nSPS) is 19.1. The van der Waals surface area contributed by atoms with Crippen LogP contribution in [0.4, 0.5) is 5.69 Å². The Labute approximate surface area is 163 Å². The molecule has 28 heavy (non-hydrogen) atoms. The molecule has 3 aromatic rings. The molecule has 1 saturated heterocycles. The highest BCUT2D eigenvalue weighted by molar-refractivity contribution is 5.86. The van der Waals surface area contributed by atoms with Crippen molar-refractivity contribution < 1.29 is 9.26 Å². The first-order chi connectivity index (χ1) is 13.8. The van der Waals surface area contributed by atoms with E-state index in [1.54, 1.807) is 6.33 Å². The molecule has 1 saturated carbocycles. The van der Waals surface area contributed by atoms with E-state index in [2.05, 4.69) is 55.0 Å². The Balaban J connectivity index is 1.30. The molecule has 0 N–H and O–H groups in total. The lowest BCUT2D eigenvalue weighted by molar-refractivity contribution is 0.164. The van der Waals surface area contributed by atoms with Gasteiger partial charge in [0.1, 0.15) is 6.33 Å². The third-order valence-electron chi connectivity index (χ3n) is 5.70.